The van der Waals surface area contributed by atoms with E-state index in [1.54, 1.807) is 11.9 Å². The van der Waals surface area contributed by atoms with Gasteiger partial charge in [0, 0.05) is 20.4 Å². The number of amides is 1. The van der Waals surface area contributed by atoms with Gasteiger partial charge in [-0.15, -0.1) is 0 Å². The molecule has 0 saturated carbocycles. The summed E-state index contributed by atoms with van der Waals surface area (Å²) < 4.78 is 5.43. The van der Waals surface area contributed by atoms with E-state index in [9.17, 15) is 9.90 Å². The molecule has 1 unspecified atom stereocenters. The van der Waals surface area contributed by atoms with Crippen LogP contribution >= 0.6 is 0 Å². The van der Waals surface area contributed by atoms with Crippen LogP contribution < -0.4 is 4.74 Å². The van der Waals surface area contributed by atoms with Crippen molar-refractivity contribution in [2.75, 3.05) is 20.3 Å². The molecule has 2 rings (SSSR count). The van der Waals surface area contributed by atoms with Gasteiger partial charge in [-0.3, -0.25) is 4.79 Å². The monoisotopic (exact) mass is 235 g/mol. The van der Waals surface area contributed by atoms with Gasteiger partial charge in [-0.25, -0.2) is 0 Å². The van der Waals surface area contributed by atoms with Gasteiger partial charge in [0.1, 0.15) is 5.75 Å². The van der Waals surface area contributed by atoms with Crippen LogP contribution in [0.5, 0.6) is 5.75 Å². The molecular weight excluding hydrogens is 218 g/mol. The molecule has 1 aliphatic rings. The van der Waals surface area contributed by atoms with E-state index in [1.165, 1.54) is 6.92 Å². The summed E-state index contributed by atoms with van der Waals surface area (Å²) in [5, 5.41) is 9.42. The summed E-state index contributed by atoms with van der Waals surface area (Å²) in [5.41, 5.74) is 2.10. The Kier molecular flexibility index (Phi) is 3.33. The summed E-state index contributed by atoms with van der Waals surface area (Å²) in [7, 11) is 1.70. The predicted octanol–water partition coefficient (Wildman–Crippen LogP) is 1.13. The van der Waals surface area contributed by atoms with Crippen molar-refractivity contribution in [1.82, 2.24) is 4.90 Å². The van der Waals surface area contributed by atoms with Crippen molar-refractivity contribution < 1.29 is 14.6 Å². The summed E-state index contributed by atoms with van der Waals surface area (Å²) in [6.07, 6.45) is 0.894. The molecule has 1 N–H and O–H groups in total. The molecule has 0 bridgehead atoms. The highest BCUT2D eigenvalue weighted by Gasteiger charge is 2.21. The largest absolute Gasteiger partial charge is 0.493 e. The van der Waals surface area contributed by atoms with Gasteiger partial charge >= 0.3 is 0 Å². The Labute approximate surface area is 101 Å². The molecule has 0 saturated heterocycles. The molecule has 92 valence electrons. The third kappa shape index (κ3) is 2.26. The van der Waals surface area contributed by atoms with Crippen molar-refractivity contribution in [1.29, 1.82) is 0 Å². The molecule has 0 aliphatic carbocycles. The van der Waals surface area contributed by atoms with Crippen molar-refractivity contribution in [3.63, 3.8) is 0 Å². The number of rotatable bonds is 3. The smallest absolute Gasteiger partial charge is 0.219 e. The van der Waals surface area contributed by atoms with E-state index < -0.39 is 0 Å². The SMILES string of the molecule is CC(=O)N(C)C(CO)c1ccc2c(c1)CCO2. The first-order valence-electron chi connectivity index (χ1n) is 5.73. The Morgan fingerprint density at radius 3 is 3.00 bits per heavy atom. The average molecular weight is 235 g/mol. The van der Waals surface area contributed by atoms with E-state index in [-0.39, 0.29) is 18.6 Å². The van der Waals surface area contributed by atoms with Gasteiger partial charge in [-0.2, -0.15) is 0 Å². The van der Waals surface area contributed by atoms with Crippen LogP contribution in [0.25, 0.3) is 0 Å². The van der Waals surface area contributed by atoms with Crippen LogP contribution in [0, 0.1) is 0 Å². The summed E-state index contributed by atoms with van der Waals surface area (Å²) >= 11 is 0. The fourth-order valence-corrected chi connectivity index (χ4v) is 2.08. The lowest BCUT2D eigenvalue weighted by atomic mass is 10.0. The van der Waals surface area contributed by atoms with Crippen molar-refractivity contribution in [3.05, 3.63) is 29.3 Å². The minimum absolute atomic E-state index is 0.0548. The number of ether oxygens (including phenoxy) is 1. The van der Waals surface area contributed by atoms with Gasteiger partial charge in [0.2, 0.25) is 5.91 Å². The first-order valence-corrected chi connectivity index (χ1v) is 5.73. The normalized spacial score (nSPS) is 15.0. The summed E-state index contributed by atoms with van der Waals surface area (Å²) in [6, 6.07) is 5.56. The van der Waals surface area contributed by atoms with Crippen molar-refractivity contribution >= 4 is 5.91 Å². The molecule has 17 heavy (non-hydrogen) atoms. The quantitative estimate of drug-likeness (QED) is 0.854. The van der Waals surface area contributed by atoms with E-state index in [0.29, 0.717) is 6.61 Å². The van der Waals surface area contributed by atoms with Crippen LogP contribution in [-0.4, -0.2) is 36.2 Å². The van der Waals surface area contributed by atoms with Crippen LogP contribution in [-0.2, 0) is 11.2 Å². The maximum atomic E-state index is 11.3. The highest BCUT2D eigenvalue weighted by Crippen LogP contribution is 2.29. The zero-order chi connectivity index (χ0) is 12.4. The maximum Gasteiger partial charge on any atom is 0.219 e. The molecule has 4 nitrogen and oxygen atoms in total. The highest BCUT2D eigenvalue weighted by molar-refractivity contribution is 5.73. The van der Waals surface area contributed by atoms with E-state index in [4.69, 9.17) is 4.74 Å². The number of fused-ring (bicyclic) bond motifs is 1. The predicted molar refractivity (Wildman–Crippen MR) is 63.9 cm³/mol. The number of hydrogen-bond acceptors (Lipinski definition) is 3. The number of likely N-dealkylation sites (N-methyl/N-ethyl adjacent to an activating group) is 1. The Hall–Kier alpha value is -1.55. The lowest BCUT2D eigenvalue weighted by Crippen LogP contribution is -2.31. The van der Waals surface area contributed by atoms with Gasteiger partial charge in [0.15, 0.2) is 0 Å². The van der Waals surface area contributed by atoms with Crippen LogP contribution in [0.2, 0.25) is 0 Å². The number of hydrogen-bond donors (Lipinski definition) is 1. The van der Waals surface area contributed by atoms with Crippen molar-refractivity contribution in [2.45, 2.75) is 19.4 Å². The summed E-state index contributed by atoms with van der Waals surface area (Å²) in [4.78, 5) is 12.9. The topological polar surface area (TPSA) is 49.8 Å². The van der Waals surface area contributed by atoms with Crippen molar-refractivity contribution in [3.8, 4) is 5.75 Å². The third-order valence-electron chi connectivity index (χ3n) is 3.24. The van der Waals surface area contributed by atoms with Crippen LogP contribution in [0.4, 0.5) is 0 Å². The molecule has 4 heteroatoms. The minimum Gasteiger partial charge on any atom is -0.493 e. The second-order valence-electron chi connectivity index (χ2n) is 4.29. The molecule has 1 heterocycles. The number of aliphatic hydroxyl groups is 1. The van der Waals surface area contributed by atoms with E-state index >= 15 is 0 Å². The van der Waals surface area contributed by atoms with Gasteiger partial charge in [-0.05, 0) is 23.3 Å². The molecule has 0 radical (unpaired) electrons. The van der Waals surface area contributed by atoms with Gasteiger partial charge in [0.25, 0.3) is 0 Å². The fraction of sp³-hybridized carbons (Fsp3) is 0.462. The Bertz CT molecular complexity index is 431. The number of nitrogens with zero attached hydrogens (tertiary/aromatic N) is 1. The number of benzene rings is 1. The second kappa shape index (κ2) is 4.75. The second-order valence-corrected chi connectivity index (χ2v) is 4.29. The summed E-state index contributed by atoms with van der Waals surface area (Å²) in [6.45, 7) is 2.14. The van der Waals surface area contributed by atoms with Crippen LogP contribution in [0.1, 0.15) is 24.1 Å². The van der Waals surface area contributed by atoms with Gasteiger partial charge in [0.05, 0.1) is 19.3 Å². The molecular formula is C13H17NO3. The molecule has 1 aliphatic heterocycles. The molecule has 0 spiro atoms. The van der Waals surface area contributed by atoms with E-state index in [0.717, 1.165) is 23.3 Å². The highest BCUT2D eigenvalue weighted by atomic mass is 16.5. The maximum absolute atomic E-state index is 11.3. The number of carbonyl (C=O) groups is 1. The number of carbonyl (C=O) groups excluding carboxylic acids is 1. The lowest BCUT2D eigenvalue weighted by Gasteiger charge is -2.26. The molecule has 0 aromatic heterocycles. The van der Waals surface area contributed by atoms with Crippen LogP contribution in [0.15, 0.2) is 18.2 Å². The molecule has 0 fully saturated rings. The third-order valence-corrected chi connectivity index (χ3v) is 3.24. The molecule has 1 atom stereocenters. The standard InChI is InChI=1S/C13H17NO3/c1-9(16)14(2)12(8-15)10-3-4-13-11(7-10)5-6-17-13/h3-4,7,12,15H,5-6,8H2,1-2H3. The molecule has 1 aromatic carbocycles. The first-order chi connectivity index (χ1) is 8.13. The Morgan fingerprint density at radius 2 is 2.35 bits per heavy atom. The number of aliphatic hydroxyl groups excluding tert-OH is 1. The van der Waals surface area contributed by atoms with Gasteiger partial charge in [-0.1, -0.05) is 6.07 Å². The van der Waals surface area contributed by atoms with Crippen molar-refractivity contribution in [2.24, 2.45) is 0 Å². The molecule has 1 amide bonds. The Balaban J connectivity index is 2.28. The first kappa shape index (κ1) is 11.9. The summed E-state index contributed by atoms with van der Waals surface area (Å²) in [5.74, 6) is 0.858. The minimum atomic E-state index is -0.279. The zero-order valence-corrected chi connectivity index (χ0v) is 10.1. The Morgan fingerprint density at radius 1 is 1.59 bits per heavy atom. The van der Waals surface area contributed by atoms with E-state index in [2.05, 4.69) is 0 Å². The average Bonchev–Trinajstić information content (AvgIpc) is 2.77. The van der Waals surface area contributed by atoms with E-state index in [1.807, 2.05) is 18.2 Å². The molecule has 1 aromatic rings. The zero-order valence-electron chi connectivity index (χ0n) is 10.1. The van der Waals surface area contributed by atoms with Crippen LogP contribution in [0.3, 0.4) is 0 Å². The fourth-order valence-electron chi connectivity index (χ4n) is 2.08. The lowest BCUT2D eigenvalue weighted by molar-refractivity contribution is -0.130. The van der Waals surface area contributed by atoms with Gasteiger partial charge < -0.3 is 14.7 Å².